The summed E-state index contributed by atoms with van der Waals surface area (Å²) in [7, 11) is 3.09. The normalized spacial score (nSPS) is 21.3. The Kier molecular flexibility index (Phi) is 5.51. The van der Waals surface area contributed by atoms with Gasteiger partial charge in [0.15, 0.2) is 11.2 Å². The average Bonchev–Trinajstić information content (AvgIpc) is 3.23. The van der Waals surface area contributed by atoms with Crippen LogP contribution in [0.3, 0.4) is 0 Å². The number of nitriles is 2. The summed E-state index contributed by atoms with van der Waals surface area (Å²) in [5.74, 6) is 0.126. The Morgan fingerprint density at radius 2 is 1.54 bits per heavy atom. The number of methoxy groups -OCH3 is 2. The van der Waals surface area contributed by atoms with Crippen molar-refractivity contribution in [3.63, 3.8) is 0 Å². The van der Waals surface area contributed by atoms with Gasteiger partial charge in [-0.05, 0) is 29.3 Å². The molecule has 0 amide bonds. The second kappa shape index (κ2) is 8.66. The minimum atomic E-state index is -1.53. The van der Waals surface area contributed by atoms with Gasteiger partial charge < -0.3 is 14.4 Å². The van der Waals surface area contributed by atoms with Crippen LogP contribution >= 0.6 is 0 Å². The highest BCUT2D eigenvalue weighted by atomic mass is 16.5. The van der Waals surface area contributed by atoms with Crippen LogP contribution in [0.4, 0.5) is 5.69 Å². The van der Waals surface area contributed by atoms with Crippen molar-refractivity contribution in [2.45, 2.75) is 18.0 Å². The quantitative estimate of drug-likeness (QED) is 0.498. The Labute approximate surface area is 204 Å². The maximum absolute atomic E-state index is 14.2. The molecule has 1 fully saturated rings. The molecule has 2 aliphatic rings. The maximum Gasteiger partial charge on any atom is 0.185 e. The van der Waals surface area contributed by atoms with Gasteiger partial charge in [0, 0.05) is 23.2 Å². The van der Waals surface area contributed by atoms with Gasteiger partial charge in [-0.25, -0.2) is 0 Å². The number of rotatable bonds is 5. The van der Waals surface area contributed by atoms with Crippen molar-refractivity contribution in [1.29, 1.82) is 10.5 Å². The van der Waals surface area contributed by atoms with E-state index >= 15 is 0 Å². The van der Waals surface area contributed by atoms with Crippen LogP contribution in [-0.4, -0.2) is 32.1 Å². The Morgan fingerprint density at radius 3 is 2.17 bits per heavy atom. The zero-order chi connectivity index (χ0) is 24.6. The van der Waals surface area contributed by atoms with Crippen molar-refractivity contribution in [3.8, 4) is 23.6 Å². The second-order valence-corrected chi connectivity index (χ2v) is 8.66. The first-order valence-electron chi connectivity index (χ1n) is 11.3. The van der Waals surface area contributed by atoms with Gasteiger partial charge in [0.2, 0.25) is 0 Å². The molecule has 0 unspecified atom stereocenters. The molecule has 0 aliphatic carbocycles. The zero-order valence-corrected chi connectivity index (χ0v) is 19.4. The molecular formula is C29H23N3O3. The molecule has 2 heterocycles. The van der Waals surface area contributed by atoms with Crippen molar-refractivity contribution < 1.29 is 14.3 Å². The highest BCUT2D eigenvalue weighted by Gasteiger charge is 2.63. The average molecular weight is 462 g/mol. The largest absolute Gasteiger partial charge is 0.497 e. The van der Waals surface area contributed by atoms with Crippen molar-refractivity contribution in [2.75, 3.05) is 19.1 Å². The highest BCUT2D eigenvalue weighted by Crippen LogP contribution is 2.56. The highest BCUT2D eigenvalue weighted by molar-refractivity contribution is 6.04. The summed E-state index contributed by atoms with van der Waals surface area (Å²) >= 11 is 0. The molecule has 172 valence electrons. The lowest BCUT2D eigenvalue weighted by Crippen LogP contribution is -2.44. The molecule has 0 bridgehead atoms. The lowest BCUT2D eigenvalue weighted by Gasteiger charge is -2.35. The van der Waals surface area contributed by atoms with E-state index in [9.17, 15) is 15.3 Å². The van der Waals surface area contributed by atoms with Gasteiger partial charge in [0.05, 0.1) is 32.4 Å². The van der Waals surface area contributed by atoms with Gasteiger partial charge in [-0.3, -0.25) is 4.79 Å². The lowest BCUT2D eigenvalue weighted by atomic mass is 9.69. The second-order valence-electron chi connectivity index (χ2n) is 8.66. The van der Waals surface area contributed by atoms with E-state index in [2.05, 4.69) is 12.1 Å². The first kappa shape index (κ1) is 22.3. The van der Waals surface area contributed by atoms with E-state index in [-0.39, 0.29) is 5.78 Å². The van der Waals surface area contributed by atoms with Crippen LogP contribution in [0.5, 0.6) is 11.5 Å². The fourth-order valence-corrected chi connectivity index (χ4v) is 5.39. The van der Waals surface area contributed by atoms with Gasteiger partial charge in [0.25, 0.3) is 0 Å². The molecule has 0 spiro atoms. The maximum atomic E-state index is 14.2. The third kappa shape index (κ3) is 3.34. The number of benzene rings is 3. The van der Waals surface area contributed by atoms with E-state index < -0.39 is 23.4 Å². The summed E-state index contributed by atoms with van der Waals surface area (Å²) in [6.45, 7) is 0. The number of anilines is 1. The summed E-state index contributed by atoms with van der Waals surface area (Å²) in [4.78, 5) is 16.1. The van der Waals surface area contributed by atoms with Crippen molar-refractivity contribution in [2.24, 2.45) is 5.41 Å². The first-order valence-corrected chi connectivity index (χ1v) is 11.3. The fourth-order valence-electron chi connectivity index (χ4n) is 5.39. The number of carbonyl (C=O) groups excluding carboxylic acids is 1. The first-order chi connectivity index (χ1) is 17.1. The molecule has 1 saturated heterocycles. The summed E-state index contributed by atoms with van der Waals surface area (Å²) < 4.78 is 11.0. The number of ketones is 1. The van der Waals surface area contributed by atoms with Crippen LogP contribution in [0.1, 0.15) is 27.4 Å². The van der Waals surface area contributed by atoms with Crippen LogP contribution in [0.15, 0.2) is 78.9 Å². The Morgan fingerprint density at radius 1 is 0.914 bits per heavy atom. The summed E-state index contributed by atoms with van der Waals surface area (Å²) in [5.41, 5.74) is 1.38. The molecule has 3 atom stereocenters. The smallest absolute Gasteiger partial charge is 0.185 e. The number of para-hydroxylation sites is 1. The summed E-state index contributed by atoms with van der Waals surface area (Å²) in [6, 6.07) is 25.3. The van der Waals surface area contributed by atoms with Crippen molar-refractivity contribution in [3.05, 3.63) is 95.6 Å². The van der Waals surface area contributed by atoms with Crippen molar-refractivity contribution >= 4 is 17.5 Å². The predicted octanol–water partition coefficient (Wildman–Crippen LogP) is 4.99. The fraction of sp³-hybridized carbons (Fsp3) is 0.207. The SMILES string of the molecule is COc1cc(OC)cc([C@@H]2[C@H](C(=O)c3ccccc3)N3c4ccccc4C=C[C@H]3C2(C#N)C#N)c1. The molecule has 0 radical (unpaired) electrons. The third-order valence-electron chi connectivity index (χ3n) is 6.98. The standard InChI is InChI=1S/C29H23N3O3/c1-34-22-14-21(15-23(16-22)35-2)26-27(28(33)20-9-4-3-5-10-20)32-24-11-7-6-8-19(24)12-13-25(32)29(26,17-30)18-31/h3-16,25-27H,1-2H3/t25-,26+,27+/m0/s1. The van der Waals surface area contributed by atoms with Gasteiger partial charge in [-0.2, -0.15) is 10.5 Å². The van der Waals surface area contributed by atoms with E-state index in [1.807, 2.05) is 59.5 Å². The molecule has 6 nitrogen and oxygen atoms in total. The summed E-state index contributed by atoms with van der Waals surface area (Å²) in [6.07, 6.45) is 3.80. The Balaban J connectivity index is 1.81. The van der Waals surface area contributed by atoms with Crippen LogP contribution in [0.2, 0.25) is 0 Å². The number of ether oxygens (including phenoxy) is 2. The van der Waals surface area contributed by atoms with E-state index in [1.165, 1.54) is 0 Å². The van der Waals surface area contributed by atoms with Crippen LogP contribution in [0.25, 0.3) is 6.08 Å². The van der Waals surface area contributed by atoms with Gasteiger partial charge in [-0.15, -0.1) is 0 Å². The Hall–Kier alpha value is -4.55. The number of hydrogen-bond donors (Lipinski definition) is 0. The zero-order valence-electron chi connectivity index (χ0n) is 19.4. The molecule has 0 N–H and O–H groups in total. The van der Waals surface area contributed by atoms with Gasteiger partial charge in [-0.1, -0.05) is 60.7 Å². The number of hydrogen-bond acceptors (Lipinski definition) is 6. The summed E-state index contributed by atoms with van der Waals surface area (Å²) in [5, 5.41) is 21.1. The minimum absolute atomic E-state index is 0.153. The molecule has 0 aromatic heterocycles. The molecule has 35 heavy (non-hydrogen) atoms. The molecule has 2 aliphatic heterocycles. The third-order valence-corrected chi connectivity index (χ3v) is 6.98. The van der Waals surface area contributed by atoms with E-state index in [0.717, 1.165) is 11.3 Å². The predicted molar refractivity (Wildman–Crippen MR) is 132 cm³/mol. The topological polar surface area (TPSA) is 86.3 Å². The van der Waals surface area contributed by atoms with Gasteiger partial charge in [0.1, 0.15) is 17.5 Å². The lowest BCUT2D eigenvalue weighted by molar-refractivity contribution is 0.0950. The molecule has 6 heteroatoms. The molecule has 0 saturated carbocycles. The number of fused-ring (bicyclic) bond motifs is 3. The van der Waals surface area contributed by atoms with Crippen LogP contribution in [-0.2, 0) is 0 Å². The van der Waals surface area contributed by atoms with Crippen LogP contribution in [0, 0.1) is 28.1 Å². The molecular weight excluding hydrogens is 438 g/mol. The van der Waals surface area contributed by atoms with Gasteiger partial charge >= 0.3 is 0 Å². The molecule has 5 rings (SSSR count). The molecule has 3 aromatic carbocycles. The van der Waals surface area contributed by atoms with Crippen molar-refractivity contribution in [1.82, 2.24) is 0 Å². The van der Waals surface area contributed by atoms with E-state index in [4.69, 9.17) is 9.47 Å². The monoisotopic (exact) mass is 461 g/mol. The Bertz CT molecular complexity index is 1360. The number of carbonyl (C=O) groups is 1. The minimum Gasteiger partial charge on any atom is -0.497 e. The number of Topliss-reactive ketones (excluding diaryl/α,β-unsaturated/α-hetero) is 1. The van der Waals surface area contributed by atoms with E-state index in [1.54, 1.807) is 44.6 Å². The van der Waals surface area contributed by atoms with Crippen LogP contribution < -0.4 is 14.4 Å². The number of nitrogens with zero attached hydrogens (tertiary/aromatic N) is 3. The van der Waals surface area contributed by atoms with E-state index in [0.29, 0.717) is 22.6 Å². The molecule has 3 aromatic rings.